The molecule has 1 fully saturated rings. The molecule has 1 aliphatic carbocycles. The van der Waals surface area contributed by atoms with E-state index in [4.69, 9.17) is 4.42 Å². The van der Waals surface area contributed by atoms with Crippen LogP contribution in [0, 0.1) is 0 Å². The lowest BCUT2D eigenvalue weighted by Gasteiger charge is -2.03. The molecule has 1 heterocycles. The van der Waals surface area contributed by atoms with Crippen LogP contribution in [0.4, 0.5) is 0 Å². The lowest BCUT2D eigenvalue weighted by molar-refractivity contribution is -0.117. The summed E-state index contributed by atoms with van der Waals surface area (Å²) in [6.45, 7) is 0. The van der Waals surface area contributed by atoms with Gasteiger partial charge in [0.25, 0.3) is 0 Å². The fourth-order valence-electron chi connectivity index (χ4n) is 1.63. The lowest BCUT2D eigenvalue weighted by atomic mass is 10.1. The number of Topliss-reactive ketones (excluding diaryl/α,β-unsaturated/α-hetero) is 1. The van der Waals surface area contributed by atoms with Crippen molar-refractivity contribution in [3.8, 4) is 0 Å². The van der Waals surface area contributed by atoms with E-state index in [0.29, 0.717) is 24.5 Å². The number of carbonyl (C=O) groups excluding carboxylic acids is 1. The van der Waals surface area contributed by atoms with E-state index in [0.717, 1.165) is 16.7 Å². The number of halogens is 1. The van der Waals surface area contributed by atoms with Gasteiger partial charge in [0, 0.05) is 18.8 Å². The summed E-state index contributed by atoms with van der Waals surface area (Å²) < 4.78 is 6.29. The summed E-state index contributed by atoms with van der Waals surface area (Å²) in [5, 5.41) is 0. The first kappa shape index (κ1) is 8.05. The third kappa shape index (κ3) is 1.33. The number of furan rings is 1. The van der Waals surface area contributed by atoms with Crippen LogP contribution >= 0.6 is 15.9 Å². The zero-order valence-electron chi connectivity index (χ0n) is 6.55. The summed E-state index contributed by atoms with van der Waals surface area (Å²) in [5.74, 6) is 1.59. The highest BCUT2D eigenvalue weighted by Gasteiger charge is 2.27. The summed E-state index contributed by atoms with van der Waals surface area (Å²) in [7, 11) is 0. The number of hydrogen-bond donors (Lipinski definition) is 0. The summed E-state index contributed by atoms with van der Waals surface area (Å²) in [5.41, 5.74) is 0. The Hall–Kier alpha value is -0.570. The second-order valence-electron chi connectivity index (χ2n) is 3.11. The standard InChI is InChI=1S/C9H9BrO2/c10-8-3-4-12-9(8)6-1-2-7(11)5-6/h3-4,6H,1-2,5H2. The van der Waals surface area contributed by atoms with Crippen molar-refractivity contribution in [2.75, 3.05) is 0 Å². The fraction of sp³-hybridized carbons (Fsp3) is 0.444. The summed E-state index contributed by atoms with van der Waals surface area (Å²) in [6, 6.07) is 1.87. The molecule has 0 aromatic carbocycles. The maximum absolute atomic E-state index is 11.0. The highest BCUT2D eigenvalue weighted by Crippen LogP contribution is 2.36. The summed E-state index contributed by atoms with van der Waals surface area (Å²) in [4.78, 5) is 11.0. The molecule has 1 saturated carbocycles. The van der Waals surface area contributed by atoms with Crippen LogP contribution in [-0.4, -0.2) is 5.78 Å². The van der Waals surface area contributed by atoms with Gasteiger partial charge in [0.15, 0.2) is 0 Å². The summed E-state index contributed by atoms with van der Waals surface area (Å²) in [6.07, 6.45) is 3.94. The zero-order valence-corrected chi connectivity index (χ0v) is 8.13. The van der Waals surface area contributed by atoms with Gasteiger partial charge >= 0.3 is 0 Å². The molecule has 2 nitrogen and oxygen atoms in total. The average molecular weight is 229 g/mol. The Morgan fingerprint density at radius 1 is 1.58 bits per heavy atom. The normalized spacial score (nSPS) is 23.4. The van der Waals surface area contributed by atoms with E-state index in [2.05, 4.69) is 15.9 Å². The highest BCUT2D eigenvalue weighted by molar-refractivity contribution is 9.10. The molecule has 0 radical (unpaired) electrons. The molecule has 1 atom stereocenters. The van der Waals surface area contributed by atoms with Crippen LogP contribution in [0.2, 0.25) is 0 Å². The van der Waals surface area contributed by atoms with Gasteiger partial charge in [-0.1, -0.05) is 0 Å². The van der Waals surface area contributed by atoms with Gasteiger partial charge in [-0.2, -0.15) is 0 Å². The molecule has 0 saturated heterocycles. The minimum absolute atomic E-state index is 0.307. The molecule has 64 valence electrons. The molecule has 0 amide bonds. The van der Waals surface area contributed by atoms with Crippen LogP contribution in [0.5, 0.6) is 0 Å². The Bertz CT molecular complexity index is 303. The first-order valence-corrected chi connectivity index (χ1v) is 4.81. The molecular weight excluding hydrogens is 220 g/mol. The first-order valence-electron chi connectivity index (χ1n) is 4.02. The molecule has 12 heavy (non-hydrogen) atoms. The average Bonchev–Trinajstić information content (AvgIpc) is 2.58. The van der Waals surface area contributed by atoms with Crippen LogP contribution in [0.15, 0.2) is 21.2 Å². The molecule has 2 rings (SSSR count). The monoisotopic (exact) mass is 228 g/mol. The van der Waals surface area contributed by atoms with Crippen molar-refractivity contribution < 1.29 is 9.21 Å². The maximum Gasteiger partial charge on any atom is 0.133 e. The van der Waals surface area contributed by atoms with Gasteiger partial charge in [-0.3, -0.25) is 4.79 Å². The van der Waals surface area contributed by atoms with Gasteiger partial charge in [-0.05, 0) is 28.4 Å². The number of carbonyl (C=O) groups is 1. The van der Waals surface area contributed by atoms with Crippen LogP contribution < -0.4 is 0 Å². The van der Waals surface area contributed by atoms with Crippen molar-refractivity contribution >= 4 is 21.7 Å². The van der Waals surface area contributed by atoms with Gasteiger partial charge in [0.2, 0.25) is 0 Å². The van der Waals surface area contributed by atoms with Crippen LogP contribution in [-0.2, 0) is 4.79 Å². The predicted octanol–water partition coefficient (Wildman–Crippen LogP) is 2.88. The fourth-order valence-corrected chi connectivity index (χ4v) is 2.16. The maximum atomic E-state index is 11.0. The Morgan fingerprint density at radius 2 is 2.42 bits per heavy atom. The Labute approximate surface area is 79.1 Å². The topological polar surface area (TPSA) is 30.2 Å². The third-order valence-corrected chi connectivity index (χ3v) is 2.92. The van der Waals surface area contributed by atoms with E-state index >= 15 is 0 Å². The van der Waals surface area contributed by atoms with Gasteiger partial charge in [-0.25, -0.2) is 0 Å². The smallest absolute Gasteiger partial charge is 0.133 e. The van der Waals surface area contributed by atoms with Gasteiger partial charge in [-0.15, -0.1) is 0 Å². The van der Waals surface area contributed by atoms with E-state index in [-0.39, 0.29) is 0 Å². The van der Waals surface area contributed by atoms with Crippen molar-refractivity contribution in [1.82, 2.24) is 0 Å². The third-order valence-electron chi connectivity index (χ3n) is 2.26. The molecule has 1 unspecified atom stereocenters. The van der Waals surface area contributed by atoms with Crippen molar-refractivity contribution in [3.05, 3.63) is 22.6 Å². The van der Waals surface area contributed by atoms with Crippen LogP contribution in [0.3, 0.4) is 0 Å². The number of ketones is 1. The Balaban J connectivity index is 2.21. The molecule has 3 heteroatoms. The van der Waals surface area contributed by atoms with E-state index in [1.54, 1.807) is 6.26 Å². The molecule has 0 aliphatic heterocycles. The van der Waals surface area contributed by atoms with Crippen molar-refractivity contribution in [2.45, 2.75) is 25.2 Å². The molecule has 0 N–H and O–H groups in total. The largest absolute Gasteiger partial charge is 0.468 e. The van der Waals surface area contributed by atoms with Crippen LogP contribution in [0.1, 0.15) is 30.9 Å². The zero-order chi connectivity index (χ0) is 8.55. The van der Waals surface area contributed by atoms with E-state index < -0.39 is 0 Å². The van der Waals surface area contributed by atoms with E-state index in [9.17, 15) is 4.79 Å². The Kier molecular flexibility index (Phi) is 2.05. The molecule has 1 aromatic heterocycles. The first-order chi connectivity index (χ1) is 5.77. The molecule has 0 spiro atoms. The van der Waals surface area contributed by atoms with Gasteiger partial charge in [0.05, 0.1) is 10.7 Å². The minimum Gasteiger partial charge on any atom is -0.468 e. The SMILES string of the molecule is O=C1CCC(c2occc2Br)C1. The lowest BCUT2D eigenvalue weighted by Crippen LogP contribution is -1.92. The Morgan fingerprint density at radius 3 is 2.92 bits per heavy atom. The van der Waals surface area contributed by atoms with E-state index in [1.165, 1.54) is 0 Å². The second kappa shape index (κ2) is 3.05. The second-order valence-corrected chi connectivity index (χ2v) is 3.97. The molecule has 0 bridgehead atoms. The minimum atomic E-state index is 0.307. The molecule has 1 aliphatic rings. The van der Waals surface area contributed by atoms with Crippen molar-refractivity contribution in [1.29, 1.82) is 0 Å². The predicted molar refractivity (Wildman–Crippen MR) is 48.0 cm³/mol. The van der Waals surface area contributed by atoms with Crippen molar-refractivity contribution in [3.63, 3.8) is 0 Å². The van der Waals surface area contributed by atoms with Gasteiger partial charge in [0.1, 0.15) is 11.5 Å². The van der Waals surface area contributed by atoms with Crippen LogP contribution in [0.25, 0.3) is 0 Å². The van der Waals surface area contributed by atoms with Gasteiger partial charge < -0.3 is 4.42 Å². The highest BCUT2D eigenvalue weighted by atomic mass is 79.9. The number of hydrogen-bond acceptors (Lipinski definition) is 2. The number of rotatable bonds is 1. The summed E-state index contributed by atoms with van der Waals surface area (Å²) >= 11 is 3.39. The quantitative estimate of drug-likeness (QED) is 0.741. The molecule has 1 aromatic rings. The van der Waals surface area contributed by atoms with E-state index in [1.807, 2.05) is 6.07 Å². The molecular formula is C9H9BrO2. The van der Waals surface area contributed by atoms with Crippen molar-refractivity contribution in [2.24, 2.45) is 0 Å².